The molecule has 9 heteroatoms. The smallest absolute Gasteiger partial charge is 0.236 e. The normalized spacial score (nSPS) is 18.3. The SMILES string of the molecule is CN(CC(=O)N1CCN(CC(=O)NC(C)(C)C)CC1)Cc1nnc(C2CC2)n1C. The number of piperazine rings is 1. The van der Waals surface area contributed by atoms with Crippen molar-refractivity contribution in [2.45, 2.75) is 51.6 Å². The molecule has 2 fully saturated rings. The molecule has 1 aliphatic carbocycles. The average Bonchev–Trinajstić information content (AvgIpc) is 3.39. The molecule has 0 atom stereocenters. The summed E-state index contributed by atoms with van der Waals surface area (Å²) < 4.78 is 2.07. The molecule has 0 spiro atoms. The Balaban J connectivity index is 1.40. The van der Waals surface area contributed by atoms with Crippen LogP contribution >= 0.6 is 0 Å². The monoisotopic (exact) mass is 405 g/mol. The zero-order chi connectivity index (χ0) is 21.2. The van der Waals surface area contributed by atoms with E-state index in [4.69, 9.17) is 0 Å². The van der Waals surface area contributed by atoms with Gasteiger partial charge in [0.25, 0.3) is 0 Å². The van der Waals surface area contributed by atoms with E-state index < -0.39 is 0 Å². The molecule has 29 heavy (non-hydrogen) atoms. The minimum atomic E-state index is -0.221. The highest BCUT2D eigenvalue weighted by Gasteiger charge is 2.29. The molecule has 1 N–H and O–H groups in total. The highest BCUT2D eigenvalue weighted by Crippen LogP contribution is 2.38. The number of hydrogen-bond acceptors (Lipinski definition) is 6. The number of hydrogen-bond donors (Lipinski definition) is 1. The third kappa shape index (κ3) is 6.24. The fourth-order valence-electron chi connectivity index (χ4n) is 3.65. The molecule has 2 heterocycles. The highest BCUT2D eigenvalue weighted by molar-refractivity contribution is 5.79. The van der Waals surface area contributed by atoms with Crippen LogP contribution < -0.4 is 5.32 Å². The zero-order valence-electron chi connectivity index (χ0n) is 18.4. The first-order valence-electron chi connectivity index (χ1n) is 10.5. The molecule has 3 rings (SSSR count). The lowest BCUT2D eigenvalue weighted by Gasteiger charge is -2.35. The topological polar surface area (TPSA) is 86.6 Å². The van der Waals surface area contributed by atoms with Gasteiger partial charge in [0.05, 0.1) is 19.6 Å². The number of amides is 2. The fourth-order valence-corrected chi connectivity index (χ4v) is 3.65. The first-order chi connectivity index (χ1) is 13.6. The average molecular weight is 406 g/mol. The first-order valence-corrected chi connectivity index (χ1v) is 10.5. The molecule has 162 valence electrons. The number of nitrogens with one attached hydrogen (secondary N) is 1. The van der Waals surface area contributed by atoms with E-state index in [0.717, 1.165) is 24.7 Å². The van der Waals surface area contributed by atoms with Crippen molar-refractivity contribution in [1.29, 1.82) is 0 Å². The third-order valence-electron chi connectivity index (χ3n) is 5.36. The van der Waals surface area contributed by atoms with E-state index in [-0.39, 0.29) is 17.4 Å². The van der Waals surface area contributed by atoms with Crippen molar-refractivity contribution in [3.63, 3.8) is 0 Å². The van der Waals surface area contributed by atoms with Crippen molar-refractivity contribution in [2.75, 3.05) is 46.3 Å². The molecule has 2 aliphatic rings. The second kappa shape index (κ2) is 8.79. The summed E-state index contributed by atoms with van der Waals surface area (Å²) in [5, 5.41) is 11.6. The van der Waals surface area contributed by atoms with Gasteiger partial charge in [-0.2, -0.15) is 0 Å². The van der Waals surface area contributed by atoms with E-state index in [0.29, 0.717) is 38.6 Å². The Morgan fingerprint density at radius 1 is 1.14 bits per heavy atom. The summed E-state index contributed by atoms with van der Waals surface area (Å²) in [7, 11) is 3.95. The number of carbonyl (C=O) groups excluding carboxylic acids is 2. The van der Waals surface area contributed by atoms with E-state index in [9.17, 15) is 9.59 Å². The number of aromatic nitrogens is 3. The summed E-state index contributed by atoms with van der Waals surface area (Å²) in [4.78, 5) is 30.7. The fraction of sp³-hybridized carbons (Fsp3) is 0.800. The summed E-state index contributed by atoms with van der Waals surface area (Å²) in [6, 6.07) is 0. The summed E-state index contributed by atoms with van der Waals surface area (Å²) in [6.07, 6.45) is 2.40. The molecule has 0 radical (unpaired) electrons. The van der Waals surface area contributed by atoms with Crippen LogP contribution in [0.25, 0.3) is 0 Å². The molecule has 0 unspecified atom stereocenters. The molecular formula is C20H35N7O2. The molecule has 0 bridgehead atoms. The molecular weight excluding hydrogens is 370 g/mol. The Morgan fingerprint density at radius 3 is 2.38 bits per heavy atom. The van der Waals surface area contributed by atoms with Gasteiger partial charge < -0.3 is 14.8 Å². The van der Waals surface area contributed by atoms with Crippen LogP contribution in [0, 0.1) is 0 Å². The quantitative estimate of drug-likeness (QED) is 0.697. The predicted molar refractivity (Wildman–Crippen MR) is 110 cm³/mol. The Bertz CT molecular complexity index is 728. The summed E-state index contributed by atoms with van der Waals surface area (Å²) in [5.41, 5.74) is -0.221. The van der Waals surface area contributed by atoms with Gasteiger partial charge in [-0.25, -0.2) is 0 Å². The van der Waals surface area contributed by atoms with Crippen LogP contribution in [0.3, 0.4) is 0 Å². The lowest BCUT2D eigenvalue weighted by atomic mass is 10.1. The Hall–Kier alpha value is -2.00. The van der Waals surface area contributed by atoms with Gasteiger partial charge in [-0.1, -0.05) is 0 Å². The summed E-state index contributed by atoms with van der Waals surface area (Å²) in [5.74, 6) is 2.68. The van der Waals surface area contributed by atoms with E-state index in [1.807, 2.05) is 44.7 Å². The molecule has 1 saturated carbocycles. The second-order valence-electron chi connectivity index (χ2n) is 9.44. The van der Waals surface area contributed by atoms with Crippen LogP contribution in [0.1, 0.15) is 51.2 Å². The first kappa shape index (κ1) is 21.7. The maximum atomic E-state index is 12.7. The lowest BCUT2D eigenvalue weighted by molar-refractivity contribution is -0.134. The van der Waals surface area contributed by atoms with Gasteiger partial charge >= 0.3 is 0 Å². The predicted octanol–water partition coefficient (Wildman–Crippen LogP) is 0.183. The summed E-state index contributed by atoms with van der Waals surface area (Å²) >= 11 is 0. The Labute approximate surface area is 173 Å². The minimum absolute atomic E-state index is 0.0336. The van der Waals surface area contributed by atoms with Crippen LogP contribution in [0.2, 0.25) is 0 Å². The largest absolute Gasteiger partial charge is 0.350 e. The van der Waals surface area contributed by atoms with E-state index in [2.05, 4.69) is 25.0 Å². The molecule has 1 saturated heterocycles. The molecule has 0 aromatic carbocycles. The number of nitrogens with zero attached hydrogens (tertiary/aromatic N) is 6. The minimum Gasteiger partial charge on any atom is -0.350 e. The van der Waals surface area contributed by atoms with Gasteiger partial charge in [0, 0.05) is 44.7 Å². The number of carbonyl (C=O) groups is 2. The number of rotatable bonds is 7. The summed E-state index contributed by atoms with van der Waals surface area (Å²) in [6.45, 7) is 10.0. The molecule has 2 amide bonds. The number of likely N-dealkylation sites (N-methyl/N-ethyl adjacent to an activating group) is 1. The standard InChI is InChI=1S/C20H35N7O2/c1-20(2,3)21-17(28)13-26-8-10-27(11-9-26)18(29)14-24(4)12-16-22-23-19(25(16)5)15-6-7-15/h15H,6-14H2,1-5H3,(H,21,28). The molecule has 1 aliphatic heterocycles. The maximum absolute atomic E-state index is 12.7. The van der Waals surface area contributed by atoms with Gasteiger partial charge in [0.2, 0.25) is 11.8 Å². The van der Waals surface area contributed by atoms with E-state index in [1.54, 1.807) is 0 Å². The van der Waals surface area contributed by atoms with Gasteiger partial charge in [-0.3, -0.25) is 19.4 Å². The second-order valence-corrected chi connectivity index (χ2v) is 9.44. The van der Waals surface area contributed by atoms with E-state index >= 15 is 0 Å². The van der Waals surface area contributed by atoms with Gasteiger partial charge in [-0.15, -0.1) is 10.2 Å². The van der Waals surface area contributed by atoms with Crippen molar-refractivity contribution in [3.8, 4) is 0 Å². The maximum Gasteiger partial charge on any atom is 0.236 e. The van der Waals surface area contributed by atoms with Crippen LogP contribution in [0.4, 0.5) is 0 Å². The van der Waals surface area contributed by atoms with Crippen molar-refractivity contribution in [1.82, 2.24) is 34.8 Å². The highest BCUT2D eigenvalue weighted by atomic mass is 16.2. The van der Waals surface area contributed by atoms with E-state index in [1.165, 1.54) is 12.8 Å². The van der Waals surface area contributed by atoms with Crippen molar-refractivity contribution in [3.05, 3.63) is 11.6 Å². The van der Waals surface area contributed by atoms with Crippen LogP contribution in [-0.4, -0.2) is 93.1 Å². The van der Waals surface area contributed by atoms with Crippen LogP contribution in [0.15, 0.2) is 0 Å². The molecule has 1 aromatic heterocycles. The van der Waals surface area contributed by atoms with Gasteiger partial charge in [0.1, 0.15) is 11.6 Å². The molecule has 9 nitrogen and oxygen atoms in total. The molecule has 1 aromatic rings. The van der Waals surface area contributed by atoms with Gasteiger partial charge in [0.15, 0.2) is 0 Å². The van der Waals surface area contributed by atoms with Crippen molar-refractivity contribution >= 4 is 11.8 Å². The van der Waals surface area contributed by atoms with Gasteiger partial charge in [-0.05, 0) is 40.7 Å². The van der Waals surface area contributed by atoms with Crippen molar-refractivity contribution < 1.29 is 9.59 Å². The Kier molecular flexibility index (Phi) is 6.58. The lowest BCUT2D eigenvalue weighted by Crippen LogP contribution is -2.54. The Morgan fingerprint density at radius 2 is 1.79 bits per heavy atom. The zero-order valence-corrected chi connectivity index (χ0v) is 18.4. The van der Waals surface area contributed by atoms with Crippen molar-refractivity contribution in [2.24, 2.45) is 7.05 Å². The van der Waals surface area contributed by atoms with Crippen LogP contribution in [-0.2, 0) is 23.2 Å². The third-order valence-corrected chi connectivity index (χ3v) is 5.36. The van der Waals surface area contributed by atoms with Crippen LogP contribution in [0.5, 0.6) is 0 Å².